The van der Waals surface area contributed by atoms with E-state index < -0.39 is 0 Å². The van der Waals surface area contributed by atoms with E-state index in [0.29, 0.717) is 5.96 Å². The number of nitrogens with two attached hydrogens (primary N) is 1. The van der Waals surface area contributed by atoms with Crippen LogP contribution in [0, 0.1) is 11.8 Å². The van der Waals surface area contributed by atoms with Gasteiger partial charge in [-0.1, -0.05) is 19.8 Å². The molecule has 1 aliphatic heterocycles. The van der Waals surface area contributed by atoms with Crippen LogP contribution < -0.4 is 5.73 Å². The molecule has 1 saturated heterocycles. The molecule has 1 saturated carbocycles. The molecule has 0 spiro atoms. The van der Waals surface area contributed by atoms with Crippen LogP contribution in [-0.4, -0.2) is 43.2 Å². The first-order valence-corrected chi connectivity index (χ1v) is 6.83. The largest absolute Gasteiger partial charge is 0.375 e. The highest BCUT2D eigenvalue weighted by molar-refractivity contribution is 14.0. The molecular weight excluding hydrogens is 341 g/mol. The van der Waals surface area contributed by atoms with Crippen molar-refractivity contribution in [3.63, 3.8) is 0 Å². The second-order valence-electron chi connectivity index (χ2n) is 5.49. The van der Waals surface area contributed by atoms with Crippen molar-refractivity contribution in [1.29, 1.82) is 0 Å². The van der Waals surface area contributed by atoms with Gasteiger partial charge in [-0.2, -0.15) is 0 Å². The van der Waals surface area contributed by atoms with E-state index in [1.165, 1.54) is 19.3 Å². The minimum Gasteiger partial charge on any atom is -0.375 e. The van der Waals surface area contributed by atoms with Crippen LogP contribution in [0.4, 0.5) is 0 Å². The first kappa shape index (κ1) is 16.0. The summed E-state index contributed by atoms with van der Waals surface area (Å²) in [6.07, 6.45) is 4.30. The molecule has 3 atom stereocenters. The third kappa shape index (κ3) is 4.26. The lowest BCUT2D eigenvalue weighted by molar-refractivity contribution is 0.00527. The summed E-state index contributed by atoms with van der Waals surface area (Å²) in [5.41, 5.74) is 6.05. The van der Waals surface area contributed by atoms with Crippen molar-refractivity contribution in [3.05, 3.63) is 0 Å². The highest BCUT2D eigenvalue weighted by Crippen LogP contribution is 2.31. The van der Waals surface area contributed by atoms with E-state index in [-0.39, 0.29) is 30.1 Å². The predicted octanol–water partition coefficient (Wildman–Crippen LogP) is 2.08. The molecule has 18 heavy (non-hydrogen) atoms. The zero-order valence-corrected chi connectivity index (χ0v) is 13.8. The van der Waals surface area contributed by atoms with Crippen molar-refractivity contribution >= 4 is 29.9 Å². The van der Waals surface area contributed by atoms with Crippen molar-refractivity contribution in [1.82, 2.24) is 4.90 Å². The lowest BCUT2D eigenvalue weighted by atomic mass is 9.99. The molecule has 0 aromatic heterocycles. The fraction of sp³-hybridized carbons (Fsp3) is 0.923. The van der Waals surface area contributed by atoms with Crippen LogP contribution in [0.3, 0.4) is 0 Å². The molecule has 2 fully saturated rings. The molecule has 0 aromatic carbocycles. The van der Waals surface area contributed by atoms with E-state index in [4.69, 9.17) is 10.5 Å². The number of hydrogen-bond donors (Lipinski definition) is 1. The van der Waals surface area contributed by atoms with Crippen LogP contribution in [0.5, 0.6) is 0 Å². The Morgan fingerprint density at radius 3 is 2.78 bits per heavy atom. The topological polar surface area (TPSA) is 50.8 Å². The van der Waals surface area contributed by atoms with Crippen LogP contribution in [-0.2, 0) is 4.74 Å². The number of hydrogen-bond acceptors (Lipinski definition) is 2. The monoisotopic (exact) mass is 367 g/mol. The number of morpholine rings is 1. The number of rotatable bonds is 2. The highest BCUT2D eigenvalue weighted by atomic mass is 127. The minimum absolute atomic E-state index is 0. The average Bonchev–Trinajstić information content (AvgIpc) is 2.72. The summed E-state index contributed by atoms with van der Waals surface area (Å²) in [6, 6.07) is 0. The molecule has 3 unspecified atom stereocenters. The van der Waals surface area contributed by atoms with Gasteiger partial charge in [0, 0.05) is 19.6 Å². The van der Waals surface area contributed by atoms with Crippen molar-refractivity contribution in [2.75, 3.05) is 26.2 Å². The van der Waals surface area contributed by atoms with Crippen LogP contribution in [0.1, 0.15) is 33.1 Å². The molecule has 0 amide bonds. The van der Waals surface area contributed by atoms with Gasteiger partial charge in [0.1, 0.15) is 0 Å². The Labute approximate surface area is 127 Å². The molecule has 0 radical (unpaired) electrons. The van der Waals surface area contributed by atoms with E-state index in [2.05, 4.69) is 23.7 Å². The predicted molar refractivity (Wildman–Crippen MR) is 85.4 cm³/mol. The SMILES string of the molecule is CC1CN(C(N)=NCC2CCCC2C)CCO1.I. The molecule has 1 aliphatic carbocycles. The zero-order chi connectivity index (χ0) is 12.3. The lowest BCUT2D eigenvalue weighted by Crippen LogP contribution is -2.48. The quantitative estimate of drug-likeness (QED) is 0.462. The van der Waals surface area contributed by atoms with Gasteiger partial charge in [-0.3, -0.25) is 4.99 Å². The van der Waals surface area contributed by atoms with Crippen LogP contribution >= 0.6 is 24.0 Å². The molecule has 2 rings (SSSR count). The van der Waals surface area contributed by atoms with E-state index in [0.717, 1.165) is 38.1 Å². The first-order chi connectivity index (χ1) is 8.16. The summed E-state index contributed by atoms with van der Waals surface area (Å²) in [7, 11) is 0. The van der Waals surface area contributed by atoms with Crippen molar-refractivity contribution in [3.8, 4) is 0 Å². The van der Waals surface area contributed by atoms with Crippen molar-refractivity contribution in [2.24, 2.45) is 22.6 Å². The van der Waals surface area contributed by atoms with Gasteiger partial charge in [0.25, 0.3) is 0 Å². The van der Waals surface area contributed by atoms with Crippen LogP contribution in [0.2, 0.25) is 0 Å². The Kier molecular flexibility index (Phi) is 6.70. The van der Waals surface area contributed by atoms with E-state index in [1.54, 1.807) is 0 Å². The van der Waals surface area contributed by atoms with Crippen LogP contribution in [0.15, 0.2) is 4.99 Å². The molecular formula is C13H26IN3O. The molecule has 106 valence electrons. The Morgan fingerprint density at radius 2 is 2.17 bits per heavy atom. The fourth-order valence-electron chi connectivity index (χ4n) is 2.83. The second kappa shape index (κ2) is 7.53. The van der Waals surface area contributed by atoms with Gasteiger partial charge in [-0.25, -0.2) is 0 Å². The standard InChI is InChI=1S/C13H25N3O.HI/c1-10-4-3-5-12(10)8-15-13(14)16-6-7-17-11(2)9-16;/h10-12H,3-9H2,1-2H3,(H2,14,15);1H. The van der Waals surface area contributed by atoms with Crippen molar-refractivity contribution in [2.45, 2.75) is 39.2 Å². The maximum absolute atomic E-state index is 6.05. The normalized spacial score (nSPS) is 33.3. The van der Waals surface area contributed by atoms with Gasteiger partial charge < -0.3 is 15.4 Å². The Balaban J connectivity index is 0.00000162. The Hall–Kier alpha value is -0.0400. The van der Waals surface area contributed by atoms with E-state index in [1.807, 2.05) is 0 Å². The zero-order valence-electron chi connectivity index (χ0n) is 11.5. The van der Waals surface area contributed by atoms with Gasteiger partial charge in [0.2, 0.25) is 0 Å². The number of aliphatic imine (C=N–C) groups is 1. The Bertz CT molecular complexity index is 285. The second-order valence-corrected chi connectivity index (χ2v) is 5.49. The Morgan fingerprint density at radius 1 is 1.39 bits per heavy atom. The third-order valence-electron chi connectivity index (χ3n) is 4.09. The fourth-order valence-corrected chi connectivity index (χ4v) is 2.83. The van der Waals surface area contributed by atoms with Gasteiger partial charge in [0.05, 0.1) is 12.7 Å². The smallest absolute Gasteiger partial charge is 0.191 e. The molecule has 2 N–H and O–H groups in total. The van der Waals surface area contributed by atoms with Gasteiger partial charge in [0.15, 0.2) is 5.96 Å². The number of halogens is 1. The lowest BCUT2D eigenvalue weighted by Gasteiger charge is -2.32. The van der Waals surface area contributed by atoms with E-state index in [9.17, 15) is 0 Å². The summed E-state index contributed by atoms with van der Waals surface area (Å²) in [6.45, 7) is 7.82. The molecule has 2 aliphatic rings. The summed E-state index contributed by atoms with van der Waals surface area (Å²) in [4.78, 5) is 6.73. The number of guanidine groups is 1. The molecule has 1 heterocycles. The summed E-state index contributed by atoms with van der Waals surface area (Å²) in [5, 5.41) is 0. The third-order valence-corrected chi connectivity index (χ3v) is 4.09. The molecule has 4 nitrogen and oxygen atoms in total. The summed E-state index contributed by atoms with van der Waals surface area (Å²) >= 11 is 0. The summed E-state index contributed by atoms with van der Waals surface area (Å²) < 4.78 is 5.50. The molecule has 5 heteroatoms. The number of ether oxygens (including phenoxy) is 1. The number of nitrogens with zero attached hydrogens (tertiary/aromatic N) is 2. The van der Waals surface area contributed by atoms with Crippen LogP contribution in [0.25, 0.3) is 0 Å². The van der Waals surface area contributed by atoms with E-state index >= 15 is 0 Å². The minimum atomic E-state index is 0. The summed E-state index contributed by atoms with van der Waals surface area (Å²) in [5.74, 6) is 2.27. The molecule has 0 aromatic rings. The van der Waals surface area contributed by atoms with Gasteiger partial charge in [-0.05, 0) is 25.2 Å². The van der Waals surface area contributed by atoms with Gasteiger partial charge >= 0.3 is 0 Å². The van der Waals surface area contributed by atoms with Gasteiger partial charge in [-0.15, -0.1) is 24.0 Å². The first-order valence-electron chi connectivity index (χ1n) is 6.83. The maximum Gasteiger partial charge on any atom is 0.191 e. The average molecular weight is 367 g/mol. The molecule has 0 bridgehead atoms. The highest BCUT2D eigenvalue weighted by Gasteiger charge is 2.23. The maximum atomic E-state index is 6.05. The van der Waals surface area contributed by atoms with Crippen molar-refractivity contribution < 1.29 is 4.74 Å².